The van der Waals surface area contributed by atoms with E-state index in [1.807, 2.05) is 18.2 Å². The van der Waals surface area contributed by atoms with Gasteiger partial charge in [-0.25, -0.2) is 4.39 Å². The van der Waals surface area contributed by atoms with Crippen LogP contribution in [0.15, 0.2) is 51.4 Å². The SMILES string of the molecule is COc1ccc(Br)cc1[C@@H]1Nc2c(F)cc(Br)cc2[C@H]2C=CC[C@H]21. The van der Waals surface area contributed by atoms with Gasteiger partial charge in [0.25, 0.3) is 0 Å². The van der Waals surface area contributed by atoms with Crippen molar-refractivity contribution in [1.82, 2.24) is 0 Å². The zero-order valence-electron chi connectivity index (χ0n) is 13.0. The molecule has 1 heterocycles. The largest absolute Gasteiger partial charge is 0.496 e. The molecule has 0 amide bonds. The molecule has 124 valence electrons. The van der Waals surface area contributed by atoms with Crippen LogP contribution in [-0.4, -0.2) is 7.11 Å². The van der Waals surface area contributed by atoms with Crippen molar-refractivity contribution in [3.8, 4) is 5.75 Å². The van der Waals surface area contributed by atoms with E-state index in [-0.39, 0.29) is 17.8 Å². The third kappa shape index (κ3) is 2.58. The Balaban J connectivity index is 1.86. The van der Waals surface area contributed by atoms with E-state index in [9.17, 15) is 4.39 Å². The summed E-state index contributed by atoms with van der Waals surface area (Å²) in [5.74, 6) is 1.15. The van der Waals surface area contributed by atoms with Crippen molar-refractivity contribution in [1.29, 1.82) is 0 Å². The van der Waals surface area contributed by atoms with Crippen LogP contribution in [0.3, 0.4) is 0 Å². The summed E-state index contributed by atoms with van der Waals surface area (Å²) in [6.07, 6.45) is 5.36. The van der Waals surface area contributed by atoms with Crippen LogP contribution in [-0.2, 0) is 0 Å². The van der Waals surface area contributed by atoms with Gasteiger partial charge in [-0.3, -0.25) is 0 Å². The molecule has 3 atom stereocenters. The Kier molecular flexibility index (Phi) is 4.17. The minimum atomic E-state index is -0.225. The number of benzene rings is 2. The summed E-state index contributed by atoms with van der Waals surface area (Å²) in [4.78, 5) is 0. The molecule has 0 fully saturated rings. The first-order valence-corrected chi connectivity index (χ1v) is 9.42. The van der Waals surface area contributed by atoms with Crippen molar-refractivity contribution >= 4 is 37.5 Å². The lowest BCUT2D eigenvalue weighted by atomic mass is 9.77. The summed E-state index contributed by atoms with van der Waals surface area (Å²) < 4.78 is 21.9. The molecular formula is C19H16Br2FNO. The average molecular weight is 453 g/mol. The summed E-state index contributed by atoms with van der Waals surface area (Å²) >= 11 is 6.95. The summed E-state index contributed by atoms with van der Waals surface area (Å²) in [7, 11) is 1.67. The van der Waals surface area contributed by atoms with Gasteiger partial charge in [-0.15, -0.1) is 0 Å². The number of rotatable bonds is 2. The minimum Gasteiger partial charge on any atom is -0.496 e. The van der Waals surface area contributed by atoms with E-state index >= 15 is 0 Å². The summed E-state index contributed by atoms with van der Waals surface area (Å²) in [5.41, 5.74) is 2.67. The molecule has 0 saturated carbocycles. The molecule has 0 bridgehead atoms. The van der Waals surface area contributed by atoms with Crippen molar-refractivity contribution in [3.63, 3.8) is 0 Å². The van der Waals surface area contributed by atoms with Crippen LogP contribution in [0.25, 0.3) is 0 Å². The number of ether oxygens (including phenoxy) is 1. The molecule has 0 aromatic heterocycles. The first-order valence-electron chi connectivity index (χ1n) is 7.84. The van der Waals surface area contributed by atoms with E-state index in [1.54, 1.807) is 7.11 Å². The third-order valence-electron chi connectivity index (χ3n) is 4.91. The van der Waals surface area contributed by atoms with Gasteiger partial charge in [0.15, 0.2) is 0 Å². The molecule has 0 spiro atoms. The van der Waals surface area contributed by atoms with Gasteiger partial charge in [-0.05, 0) is 48.2 Å². The maximum atomic E-state index is 14.6. The van der Waals surface area contributed by atoms with Crippen molar-refractivity contribution in [2.24, 2.45) is 5.92 Å². The van der Waals surface area contributed by atoms with Gasteiger partial charge in [-0.1, -0.05) is 44.0 Å². The van der Waals surface area contributed by atoms with Crippen molar-refractivity contribution in [3.05, 3.63) is 68.4 Å². The van der Waals surface area contributed by atoms with Crippen molar-refractivity contribution < 1.29 is 9.13 Å². The highest BCUT2D eigenvalue weighted by atomic mass is 79.9. The Hall–Kier alpha value is -1.33. The summed E-state index contributed by atoms with van der Waals surface area (Å²) in [6.45, 7) is 0. The number of allylic oxidation sites excluding steroid dienone is 2. The smallest absolute Gasteiger partial charge is 0.147 e. The first-order chi connectivity index (χ1) is 11.6. The molecule has 24 heavy (non-hydrogen) atoms. The Morgan fingerprint density at radius 1 is 1.12 bits per heavy atom. The Bertz CT molecular complexity index is 836. The molecule has 2 aromatic rings. The van der Waals surface area contributed by atoms with Crippen LogP contribution < -0.4 is 10.1 Å². The number of hydrogen-bond donors (Lipinski definition) is 1. The number of anilines is 1. The van der Waals surface area contributed by atoms with Gasteiger partial charge >= 0.3 is 0 Å². The van der Waals surface area contributed by atoms with Crippen LogP contribution in [0.5, 0.6) is 5.75 Å². The van der Waals surface area contributed by atoms with Gasteiger partial charge in [0.2, 0.25) is 0 Å². The number of halogens is 3. The summed E-state index contributed by atoms with van der Waals surface area (Å²) in [6, 6.07) is 9.51. The van der Waals surface area contributed by atoms with Crippen molar-refractivity contribution in [2.75, 3.05) is 12.4 Å². The molecule has 1 aliphatic heterocycles. The first kappa shape index (κ1) is 16.2. The van der Waals surface area contributed by atoms with Crippen LogP contribution in [0.4, 0.5) is 10.1 Å². The summed E-state index contributed by atoms with van der Waals surface area (Å²) in [5, 5.41) is 3.45. The fraction of sp³-hybridized carbons (Fsp3) is 0.263. The molecular weight excluding hydrogens is 437 g/mol. The fourth-order valence-corrected chi connectivity index (χ4v) is 4.70. The highest BCUT2D eigenvalue weighted by molar-refractivity contribution is 9.10. The molecule has 0 unspecified atom stereocenters. The molecule has 0 radical (unpaired) electrons. The molecule has 1 N–H and O–H groups in total. The van der Waals surface area contributed by atoms with E-state index in [0.29, 0.717) is 11.6 Å². The molecule has 4 rings (SSSR count). The lowest BCUT2D eigenvalue weighted by Crippen LogP contribution is -2.30. The normalized spacial score (nSPS) is 24.2. The zero-order valence-corrected chi connectivity index (χ0v) is 16.2. The quantitative estimate of drug-likeness (QED) is 0.548. The van der Waals surface area contributed by atoms with Gasteiger partial charge in [0.1, 0.15) is 11.6 Å². The lowest BCUT2D eigenvalue weighted by molar-refractivity contribution is 0.379. The van der Waals surface area contributed by atoms with Crippen LogP contribution in [0.1, 0.15) is 29.5 Å². The number of hydrogen-bond acceptors (Lipinski definition) is 2. The number of methoxy groups -OCH3 is 1. The second kappa shape index (κ2) is 6.19. The lowest BCUT2D eigenvalue weighted by Gasteiger charge is -2.38. The monoisotopic (exact) mass is 451 g/mol. The number of fused-ring (bicyclic) bond motifs is 3. The van der Waals surface area contributed by atoms with E-state index in [0.717, 1.165) is 32.2 Å². The second-order valence-corrected chi connectivity index (χ2v) is 8.04. The fourth-order valence-electron chi connectivity index (χ4n) is 3.88. The molecule has 2 aromatic carbocycles. The van der Waals surface area contributed by atoms with E-state index in [4.69, 9.17) is 4.74 Å². The van der Waals surface area contributed by atoms with Crippen molar-refractivity contribution in [2.45, 2.75) is 18.4 Å². The Labute approximate surface area is 157 Å². The minimum absolute atomic E-state index is 0.000579. The molecule has 5 heteroatoms. The predicted molar refractivity (Wildman–Crippen MR) is 101 cm³/mol. The number of nitrogens with one attached hydrogen (secondary N) is 1. The van der Waals surface area contributed by atoms with Crippen LogP contribution >= 0.6 is 31.9 Å². The molecule has 2 aliphatic rings. The maximum Gasteiger partial charge on any atom is 0.147 e. The molecule has 2 nitrogen and oxygen atoms in total. The van der Waals surface area contributed by atoms with Crippen LogP contribution in [0.2, 0.25) is 0 Å². The van der Waals surface area contributed by atoms with Gasteiger partial charge < -0.3 is 10.1 Å². The Morgan fingerprint density at radius 2 is 1.92 bits per heavy atom. The standard InChI is InChI=1S/C19H16Br2FNO/c1-24-17-6-5-10(20)7-15(17)18-13-4-2-3-12(13)14-8-11(21)9-16(22)19(14)23-18/h2-3,5-9,12-13,18,23H,4H2,1H3/t12-,13+,18+/m0/s1. The molecule has 0 saturated heterocycles. The topological polar surface area (TPSA) is 21.3 Å². The second-order valence-electron chi connectivity index (χ2n) is 6.21. The highest BCUT2D eigenvalue weighted by Crippen LogP contribution is 2.52. The molecule has 1 aliphatic carbocycles. The van der Waals surface area contributed by atoms with Crippen LogP contribution in [0, 0.1) is 11.7 Å². The maximum absolute atomic E-state index is 14.6. The van der Waals surface area contributed by atoms with Gasteiger partial charge in [-0.2, -0.15) is 0 Å². The van der Waals surface area contributed by atoms with E-state index < -0.39 is 0 Å². The van der Waals surface area contributed by atoms with Gasteiger partial charge in [0, 0.05) is 20.4 Å². The average Bonchev–Trinajstić information content (AvgIpc) is 3.04. The Morgan fingerprint density at radius 3 is 2.71 bits per heavy atom. The van der Waals surface area contributed by atoms with Gasteiger partial charge in [0.05, 0.1) is 18.8 Å². The van der Waals surface area contributed by atoms with E-state index in [1.165, 1.54) is 6.07 Å². The predicted octanol–water partition coefficient (Wildman–Crippen LogP) is 6.19. The third-order valence-corrected chi connectivity index (χ3v) is 5.86. The zero-order chi connectivity index (χ0) is 16.8. The highest BCUT2D eigenvalue weighted by Gasteiger charge is 2.40. The van der Waals surface area contributed by atoms with E-state index in [2.05, 4.69) is 55.4 Å².